The Kier molecular flexibility index (Phi) is 19.8. The van der Waals surface area contributed by atoms with Crippen molar-refractivity contribution in [2.75, 3.05) is 26.9 Å². The fraction of sp³-hybridized carbons (Fsp3) is 0.789. The van der Waals surface area contributed by atoms with E-state index in [0.717, 1.165) is 32.1 Å². The normalized spacial score (nSPS) is 12.5. The van der Waals surface area contributed by atoms with Gasteiger partial charge < -0.3 is 19.7 Å². The third-order valence-corrected chi connectivity index (χ3v) is 3.72. The van der Waals surface area contributed by atoms with Crippen molar-refractivity contribution in [1.82, 2.24) is 0 Å². The van der Waals surface area contributed by atoms with Gasteiger partial charge in [0, 0.05) is 26.2 Å². The second-order valence-corrected chi connectivity index (χ2v) is 5.88. The van der Waals surface area contributed by atoms with Gasteiger partial charge in [0.05, 0.1) is 6.61 Å². The topological polar surface area (TPSA) is 93.1 Å². The fourth-order valence-corrected chi connectivity index (χ4v) is 1.98. The average Bonchev–Trinajstić information content (AvgIpc) is 2.60. The molecule has 0 saturated heterocycles. The molecule has 0 rings (SSSR count). The first-order valence-corrected chi connectivity index (χ1v) is 8.97. The molecule has 6 heteroatoms. The maximum atomic E-state index is 11.2. The SMILES string of the molecule is C=CCC(CCCOC(=O)[C@@H](C)OC)C(C)=O.OCCCCCCO. The number of allylic oxidation sites excluding steroid dienone is 1. The summed E-state index contributed by atoms with van der Waals surface area (Å²) in [7, 11) is 1.46. The predicted octanol–water partition coefficient (Wildman–Crippen LogP) is 2.66. The number of carbonyl (C=O) groups is 2. The van der Waals surface area contributed by atoms with Crippen molar-refractivity contribution in [3.63, 3.8) is 0 Å². The summed E-state index contributed by atoms with van der Waals surface area (Å²) in [5, 5.41) is 16.6. The molecule has 0 radical (unpaired) electrons. The molecule has 148 valence electrons. The Labute approximate surface area is 152 Å². The molecular weight excluding hydrogens is 324 g/mol. The van der Waals surface area contributed by atoms with Crippen LogP contribution >= 0.6 is 0 Å². The highest BCUT2D eigenvalue weighted by molar-refractivity contribution is 5.78. The Morgan fingerprint density at radius 1 is 1.08 bits per heavy atom. The van der Waals surface area contributed by atoms with Crippen molar-refractivity contribution in [2.45, 2.75) is 64.9 Å². The summed E-state index contributed by atoms with van der Waals surface area (Å²) in [6.45, 7) is 7.73. The Morgan fingerprint density at radius 3 is 2.04 bits per heavy atom. The van der Waals surface area contributed by atoms with Crippen LogP contribution in [0.4, 0.5) is 0 Å². The third kappa shape index (κ3) is 17.4. The largest absolute Gasteiger partial charge is 0.464 e. The summed E-state index contributed by atoms with van der Waals surface area (Å²) in [5.41, 5.74) is 0. The van der Waals surface area contributed by atoms with Crippen LogP contribution in [-0.4, -0.2) is 55.0 Å². The molecule has 2 atom stereocenters. The Bertz CT molecular complexity index is 337. The summed E-state index contributed by atoms with van der Waals surface area (Å²) >= 11 is 0. The van der Waals surface area contributed by atoms with E-state index in [1.807, 2.05) is 0 Å². The van der Waals surface area contributed by atoms with Crippen molar-refractivity contribution >= 4 is 11.8 Å². The first kappa shape index (κ1) is 26.0. The second kappa shape index (κ2) is 19.1. The van der Waals surface area contributed by atoms with Crippen LogP contribution in [0.1, 0.15) is 58.8 Å². The summed E-state index contributed by atoms with van der Waals surface area (Å²) in [6, 6.07) is 0. The van der Waals surface area contributed by atoms with E-state index in [2.05, 4.69) is 6.58 Å². The van der Waals surface area contributed by atoms with Crippen molar-refractivity contribution in [3.8, 4) is 0 Å². The predicted molar refractivity (Wildman–Crippen MR) is 98.3 cm³/mol. The number of ether oxygens (including phenoxy) is 2. The minimum atomic E-state index is -0.535. The molecule has 25 heavy (non-hydrogen) atoms. The summed E-state index contributed by atoms with van der Waals surface area (Å²) in [4.78, 5) is 22.5. The van der Waals surface area contributed by atoms with Crippen molar-refractivity contribution in [3.05, 3.63) is 12.7 Å². The molecule has 0 spiro atoms. The molecule has 6 nitrogen and oxygen atoms in total. The van der Waals surface area contributed by atoms with Crippen molar-refractivity contribution in [2.24, 2.45) is 5.92 Å². The summed E-state index contributed by atoms with van der Waals surface area (Å²) < 4.78 is 9.83. The molecule has 0 aromatic carbocycles. The highest BCUT2D eigenvalue weighted by atomic mass is 16.6. The van der Waals surface area contributed by atoms with Crippen LogP contribution in [-0.2, 0) is 19.1 Å². The maximum absolute atomic E-state index is 11.2. The lowest BCUT2D eigenvalue weighted by atomic mass is 9.96. The van der Waals surface area contributed by atoms with Gasteiger partial charge in [0.2, 0.25) is 0 Å². The molecule has 2 N–H and O–H groups in total. The molecule has 0 fully saturated rings. The highest BCUT2D eigenvalue weighted by Crippen LogP contribution is 2.13. The fourth-order valence-electron chi connectivity index (χ4n) is 1.98. The number of Topliss-reactive ketones (excluding diaryl/α,β-unsaturated/α-hetero) is 1. The standard InChI is InChI=1S/C13H22O4.C6H14O2/c1-5-7-12(10(2)14)8-6-9-17-13(15)11(3)16-4;7-5-3-1-2-4-6-8/h5,11-12H,1,6-9H2,2-4H3;7-8H,1-6H2/t11-,12?;/m1./s1. The molecule has 0 aliphatic carbocycles. The average molecular weight is 360 g/mol. The van der Waals surface area contributed by atoms with Gasteiger partial charge in [-0.25, -0.2) is 4.79 Å². The van der Waals surface area contributed by atoms with Gasteiger partial charge in [-0.05, 0) is 46.0 Å². The molecular formula is C19H36O6. The molecule has 0 aromatic heterocycles. The van der Waals surface area contributed by atoms with E-state index in [0.29, 0.717) is 19.4 Å². The molecule has 0 bridgehead atoms. The Morgan fingerprint density at radius 2 is 1.64 bits per heavy atom. The molecule has 1 unspecified atom stereocenters. The first-order valence-electron chi connectivity index (χ1n) is 8.97. The number of carbonyl (C=O) groups excluding carboxylic acids is 2. The lowest BCUT2D eigenvalue weighted by Gasteiger charge is -2.12. The maximum Gasteiger partial charge on any atom is 0.334 e. The second-order valence-electron chi connectivity index (χ2n) is 5.88. The zero-order chi connectivity index (χ0) is 19.5. The molecule has 0 aliphatic rings. The number of methoxy groups -OCH3 is 1. The number of hydrogen-bond donors (Lipinski definition) is 2. The molecule has 0 aromatic rings. The van der Waals surface area contributed by atoms with E-state index in [1.165, 1.54) is 7.11 Å². The van der Waals surface area contributed by atoms with Crippen LogP contribution in [0.25, 0.3) is 0 Å². The van der Waals surface area contributed by atoms with Crippen molar-refractivity contribution in [1.29, 1.82) is 0 Å². The van der Waals surface area contributed by atoms with E-state index in [9.17, 15) is 9.59 Å². The molecule has 0 aliphatic heterocycles. The number of ketones is 1. The zero-order valence-electron chi connectivity index (χ0n) is 16.0. The van der Waals surface area contributed by atoms with E-state index < -0.39 is 6.10 Å². The number of aliphatic hydroxyl groups excluding tert-OH is 2. The summed E-state index contributed by atoms with van der Waals surface area (Å²) in [5.74, 6) is -0.219. The van der Waals surface area contributed by atoms with Gasteiger partial charge >= 0.3 is 5.97 Å². The lowest BCUT2D eigenvalue weighted by molar-refractivity contribution is -0.154. The van der Waals surface area contributed by atoms with Gasteiger partial charge in [-0.1, -0.05) is 18.9 Å². The van der Waals surface area contributed by atoms with E-state index >= 15 is 0 Å². The van der Waals surface area contributed by atoms with Gasteiger partial charge in [-0.3, -0.25) is 4.79 Å². The van der Waals surface area contributed by atoms with Crippen LogP contribution in [0.15, 0.2) is 12.7 Å². The third-order valence-electron chi connectivity index (χ3n) is 3.72. The number of hydrogen-bond acceptors (Lipinski definition) is 6. The lowest BCUT2D eigenvalue weighted by Crippen LogP contribution is -2.22. The summed E-state index contributed by atoms with van der Waals surface area (Å²) in [6.07, 6.45) is 7.11. The molecule has 0 amide bonds. The van der Waals surface area contributed by atoms with E-state index in [1.54, 1.807) is 19.9 Å². The van der Waals surface area contributed by atoms with Gasteiger partial charge in [0.15, 0.2) is 6.10 Å². The van der Waals surface area contributed by atoms with Crippen LogP contribution < -0.4 is 0 Å². The number of rotatable bonds is 14. The minimum absolute atomic E-state index is 0.00829. The van der Waals surface area contributed by atoms with Crippen LogP contribution in [0.2, 0.25) is 0 Å². The first-order chi connectivity index (χ1) is 11.9. The van der Waals surface area contributed by atoms with Crippen molar-refractivity contribution < 1.29 is 29.3 Å². The van der Waals surface area contributed by atoms with Crippen LogP contribution in [0, 0.1) is 5.92 Å². The van der Waals surface area contributed by atoms with Gasteiger partial charge in [0.1, 0.15) is 5.78 Å². The van der Waals surface area contributed by atoms with Gasteiger partial charge in [0.25, 0.3) is 0 Å². The number of unbranched alkanes of at least 4 members (excludes halogenated alkanes) is 3. The van der Waals surface area contributed by atoms with E-state index in [-0.39, 0.29) is 30.9 Å². The quantitative estimate of drug-likeness (QED) is 0.281. The van der Waals surface area contributed by atoms with Crippen LogP contribution in [0.5, 0.6) is 0 Å². The Hall–Kier alpha value is -1.24. The van der Waals surface area contributed by atoms with Gasteiger partial charge in [-0.2, -0.15) is 0 Å². The number of aliphatic hydroxyl groups is 2. The minimum Gasteiger partial charge on any atom is -0.464 e. The van der Waals surface area contributed by atoms with Crippen LogP contribution in [0.3, 0.4) is 0 Å². The van der Waals surface area contributed by atoms with Gasteiger partial charge in [-0.15, -0.1) is 6.58 Å². The monoisotopic (exact) mass is 360 g/mol. The van der Waals surface area contributed by atoms with E-state index in [4.69, 9.17) is 19.7 Å². The Balaban J connectivity index is 0. The smallest absolute Gasteiger partial charge is 0.334 e. The number of esters is 1. The molecule has 0 saturated carbocycles. The zero-order valence-corrected chi connectivity index (χ0v) is 16.0. The highest BCUT2D eigenvalue weighted by Gasteiger charge is 2.14. The molecule has 0 heterocycles.